The molecule has 2 aromatic carbocycles. The second kappa shape index (κ2) is 8.45. The lowest BCUT2D eigenvalue weighted by atomic mass is 9.99. The number of anilines is 1. The molecule has 1 aliphatic rings. The van der Waals surface area contributed by atoms with Crippen molar-refractivity contribution in [2.45, 2.75) is 19.1 Å². The van der Waals surface area contributed by atoms with Gasteiger partial charge in [0.2, 0.25) is 0 Å². The second-order valence-electron chi connectivity index (χ2n) is 7.28. The number of para-hydroxylation sites is 1. The number of benzene rings is 2. The van der Waals surface area contributed by atoms with Crippen molar-refractivity contribution >= 4 is 17.6 Å². The molecule has 0 aliphatic carbocycles. The largest absolute Gasteiger partial charge is 0.459 e. The van der Waals surface area contributed by atoms with Crippen LogP contribution in [0.2, 0.25) is 0 Å². The van der Waals surface area contributed by atoms with Gasteiger partial charge >= 0.3 is 12.2 Å². The molecule has 33 heavy (non-hydrogen) atoms. The molecule has 1 atom stereocenters. The van der Waals surface area contributed by atoms with Gasteiger partial charge in [-0.25, -0.2) is 9.18 Å². The summed E-state index contributed by atoms with van der Waals surface area (Å²) >= 11 is 0. The molecule has 1 aromatic heterocycles. The summed E-state index contributed by atoms with van der Waals surface area (Å²) < 4.78 is 59.0. The zero-order chi connectivity index (χ0) is 23.8. The number of furan rings is 1. The highest BCUT2D eigenvalue weighted by atomic mass is 19.4. The molecule has 0 saturated heterocycles. The van der Waals surface area contributed by atoms with E-state index in [-0.39, 0.29) is 17.0 Å². The normalized spacial score (nSPS) is 16.3. The van der Waals surface area contributed by atoms with E-state index in [2.05, 4.69) is 16.0 Å². The highest BCUT2D eigenvalue weighted by molar-refractivity contribution is 6.07. The number of rotatable bonds is 4. The van der Waals surface area contributed by atoms with Gasteiger partial charge in [0.1, 0.15) is 23.4 Å². The Balaban J connectivity index is 1.67. The molecule has 4 rings (SSSR count). The van der Waals surface area contributed by atoms with Crippen molar-refractivity contribution in [2.24, 2.45) is 0 Å². The number of hydrogen-bond acceptors (Lipinski definition) is 3. The molecule has 10 heteroatoms. The first-order chi connectivity index (χ1) is 15.6. The van der Waals surface area contributed by atoms with Crippen molar-refractivity contribution in [3.8, 4) is 11.3 Å². The van der Waals surface area contributed by atoms with E-state index in [1.807, 2.05) is 0 Å². The van der Waals surface area contributed by atoms with E-state index in [9.17, 15) is 27.2 Å². The maximum Gasteiger partial charge on any atom is 0.418 e. The van der Waals surface area contributed by atoms with E-state index < -0.39 is 41.2 Å². The smallest absolute Gasteiger partial charge is 0.418 e. The number of carbonyl (C=O) groups excluding carboxylic acids is 2. The summed E-state index contributed by atoms with van der Waals surface area (Å²) in [5.41, 5.74) is -0.722. The van der Waals surface area contributed by atoms with E-state index in [0.29, 0.717) is 11.3 Å². The molecule has 2 heterocycles. The first-order valence-corrected chi connectivity index (χ1v) is 9.75. The number of hydrogen-bond donors (Lipinski definition) is 3. The molecule has 3 aromatic rings. The van der Waals surface area contributed by atoms with Crippen LogP contribution in [-0.4, -0.2) is 11.9 Å². The Morgan fingerprint density at radius 2 is 1.73 bits per heavy atom. The Kier molecular flexibility index (Phi) is 5.67. The predicted octanol–water partition coefficient (Wildman–Crippen LogP) is 5.37. The van der Waals surface area contributed by atoms with Gasteiger partial charge in [0.05, 0.1) is 16.8 Å². The molecule has 0 spiro atoms. The fourth-order valence-electron chi connectivity index (χ4n) is 3.51. The van der Waals surface area contributed by atoms with Crippen LogP contribution in [0, 0.1) is 5.82 Å². The van der Waals surface area contributed by atoms with Crippen LogP contribution < -0.4 is 16.0 Å². The monoisotopic (exact) mass is 459 g/mol. The summed E-state index contributed by atoms with van der Waals surface area (Å²) in [5.74, 6) is -0.732. The lowest BCUT2D eigenvalue weighted by Gasteiger charge is -2.27. The van der Waals surface area contributed by atoms with Crippen molar-refractivity contribution in [3.05, 3.63) is 89.1 Å². The quantitative estimate of drug-likeness (QED) is 0.459. The molecular weight excluding hydrogens is 442 g/mol. The van der Waals surface area contributed by atoms with Gasteiger partial charge in [0.15, 0.2) is 0 Å². The van der Waals surface area contributed by atoms with Gasteiger partial charge in [-0.05, 0) is 55.5 Å². The van der Waals surface area contributed by atoms with Gasteiger partial charge in [0, 0.05) is 11.3 Å². The van der Waals surface area contributed by atoms with Crippen LogP contribution in [0.4, 0.5) is 28.0 Å². The third kappa shape index (κ3) is 4.59. The van der Waals surface area contributed by atoms with Crippen LogP contribution in [-0.2, 0) is 11.0 Å². The van der Waals surface area contributed by atoms with Gasteiger partial charge in [-0.3, -0.25) is 4.79 Å². The summed E-state index contributed by atoms with van der Waals surface area (Å²) in [4.78, 5) is 25.1. The number of allylic oxidation sites excluding steroid dienone is 1. The van der Waals surface area contributed by atoms with Crippen LogP contribution in [0.25, 0.3) is 11.3 Å². The molecule has 0 bridgehead atoms. The lowest BCUT2D eigenvalue weighted by molar-refractivity contribution is -0.137. The molecule has 170 valence electrons. The first kappa shape index (κ1) is 22.1. The minimum absolute atomic E-state index is 0.0217. The van der Waals surface area contributed by atoms with Gasteiger partial charge in [-0.2, -0.15) is 13.2 Å². The zero-order valence-electron chi connectivity index (χ0n) is 17.1. The van der Waals surface area contributed by atoms with Gasteiger partial charge < -0.3 is 20.4 Å². The summed E-state index contributed by atoms with van der Waals surface area (Å²) in [6, 6.07) is 11.5. The molecule has 6 nitrogen and oxygen atoms in total. The van der Waals surface area contributed by atoms with Crippen molar-refractivity contribution in [1.29, 1.82) is 0 Å². The first-order valence-electron chi connectivity index (χ1n) is 9.75. The van der Waals surface area contributed by atoms with Crippen molar-refractivity contribution in [1.82, 2.24) is 10.6 Å². The minimum atomic E-state index is -4.67. The third-order valence-electron chi connectivity index (χ3n) is 5.03. The number of alkyl halides is 3. The number of nitrogens with one attached hydrogen (secondary N) is 3. The molecule has 0 saturated carbocycles. The van der Waals surface area contributed by atoms with Crippen LogP contribution >= 0.6 is 0 Å². The SMILES string of the molecule is CC1=C(C(=O)Nc2ccccc2C(F)(F)F)[C@@H](c2ccc(-c3ccc(F)cc3)o2)NC(=O)N1. The minimum Gasteiger partial charge on any atom is -0.459 e. The number of amides is 3. The van der Waals surface area contributed by atoms with E-state index in [0.717, 1.165) is 12.1 Å². The van der Waals surface area contributed by atoms with Crippen LogP contribution in [0.3, 0.4) is 0 Å². The molecule has 0 radical (unpaired) electrons. The average Bonchev–Trinajstić information content (AvgIpc) is 3.23. The Hall–Kier alpha value is -4.08. The molecule has 0 unspecified atom stereocenters. The predicted molar refractivity (Wildman–Crippen MR) is 111 cm³/mol. The molecule has 3 N–H and O–H groups in total. The topological polar surface area (TPSA) is 83.4 Å². The number of urea groups is 1. The highest BCUT2D eigenvalue weighted by Crippen LogP contribution is 2.36. The maximum atomic E-state index is 13.3. The van der Waals surface area contributed by atoms with Crippen LogP contribution in [0.5, 0.6) is 0 Å². The van der Waals surface area contributed by atoms with Crippen LogP contribution in [0.1, 0.15) is 24.3 Å². The molecule has 1 aliphatic heterocycles. The van der Waals surface area contributed by atoms with E-state index in [1.165, 1.54) is 49.4 Å². The average molecular weight is 459 g/mol. The summed E-state index contributed by atoms with van der Waals surface area (Å²) in [6.07, 6.45) is -4.67. The Morgan fingerprint density at radius 3 is 2.42 bits per heavy atom. The Bertz CT molecular complexity index is 1250. The van der Waals surface area contributed by atoms with E-state index >= 15 is 0 Å². The maximum absolute atomic E-state index is 13.3. The fourth-order valence-corrected chi connectivity index (χ4v) is 3.51. The number of carbonyl (C=O) groups is 2. The van der Waals surface area contributed by atoms with E-state index in [1.54, 1.807) is 6.07 Å². The molecule has 3 amide bonds. The fraction of sp³-hybridized carbons (Fsp3) is 0.130. The van der Waals surface area contributed by atoms with Crippen molar-refractivity contribution in [3.63, 3.8) is 0 Å². The lowest BCUT2D eigenvalue weighted by Crippen LogP contribution is -2.45. The Labute approximate surface area is 185 Å². The summed E-state index contributed by atoms with van der Waals surface area (Å²) in [5, 5.41) is 7.29. The molecule has 0 fully saturated rings. The van der Waals surface area contributed by atoms with E-state index in [4.69, 9.17) is 4.42 Å². The molecular formula is C23H17F4N3O3. The van der Waals surface area contributed by atoms with Crippen molar-refractivity contribution in [2.75, 3.05) is 5.32 Å². The van der Waals surface area contributed by atoms with Crippen molar-refractivity contribution < 1.29 is 31.6 Å². The zero-order valence-corrected chi connectivity index (χ0v) is 17.1. The number of halogens is 4. The standard InChI is InChI=1S/C23H17F4N3O3/c1-12-19(21(31)29-16-5-3-2-4-15(16)23(25,26)27)20(30-22(32)28-12)18-11-10-17(33-18)13-6-8-14(24)9-7-13/h2-11,20H,1H3,(H,29,31)(H2,28,30,32)/t20-/m1/s1. The van der Waals surface area contributed by atoms with Gasteiger partial charge in [0.25, 0.3) is 5.91 Å². The van der Waals surface area contributed by atoms with Gasteiger partial charge in [-0.15, -0.1) is 0 Å². The third-order valence-corrected chi connectivity index (χ3v) is 5.03. The van der Waals surface area contributed by atoms with Crippen LogP contribution in [0.15, 0.2) is 76.4 Å². The summed E-state index contributed by atoms with van der Waals surface area (Å²) in [7, 11) is 0. The summed E-state index contributed by atoms with van der Waals surface area (Å²) in [6.45, 7) is 1.46. The second-order valence-corrected chi connectivity index (χ2v) is 7.28. The highest BCUT2D eigenvalue weighted by Gasteiger charge is 2.36. The van der Waals surface area contributed by atoms with Gasteiger partial charge in [-0.1, -0.05) is 12.1 Å². The Morgan fingerprint density at radius 1 is 1.03 bits per heavy atom.